The lowest BCUT2D eigenvalue weighted by Crippen LogP contribution is -2.10. The van der Waals surface area contributed by atoms with Crippen molar-refractivity contribution < 1.29 is 28.8 Å². The number of ether oxygens (including phenoxy) is 4. The molecule has 0 aliphatic carbocycles. The molecule has 1 aromatic rings. The van der Waals surface area contributed by atoms with Crippen molar-refractivity contribution >= 4 is 5.97 Å². The molecule has 0 aliphatic rings. The fraction of sp³-hybridized carbons (Fsp3) is 0.571. The second-order valence-corrected chi connectivity index (χ2v) is 6.52. The molecular formula is C21H32O6. The number of rotatable bonds is 11. The van der Waals surface area contributed by atoms with Crippen molar-refractivity contribution in [3.63, 3.8) is 0 Å². The number of unbranched alkanes of at least 4 members (excludes halogenated alkanes) is 1. The molecule has 0 fully saturated rings. The van der Waals surface area contributed by atoms with E-state index >= 15 is 0 Å². The lowest BCUT2D eigenvalue weighted by atomic mass is 9.93. The van der Waals surface area contributed by atoms with Crippen molar-refractivity contribution in [1.82, 2.24) is 0 Å². The van der Waals surface area contributed by atoms with Crippen LogP contribution in [0, 0.1) is 0 Å². The number of hydrogen-bond acceptors (Lipinski definition) is 6. The summed E-state index contributed by atoms with van der Waals surface area (Å²) in [7, 11) is 5.95. The molecule has 0 spiro atoms. The van der Waals surface area contributed by atoms with Crippen LogP contribution in [0.5, 0.6) is 17.2 Å². The number of methoxy groups -OCH3 is 4. The molecule has 0 radical (unpaired) electrons. The number of aryl methyl sites for hydroxylation is 1. The van der Waals surface area contributed by atoms with E-state index < -0.39 is 6.10 Å². The highest BCUT2D eigenvalue weighted by molar-refractivity contribution is 5.70. The summed E-state index contributed by atoms with van der Waals surface area (Å²) in [6.45, 7) is 4.11. The second-order valence-electron chi connectivity index (χ2n) is 6.52. The van der Waals surface area contributed by atoms with E-state index in [1.807, 2.05) is 0 Å². The van der Waals surface area contributed by atoms with E-state index in [1.165, 1.54) is 34.0 Å². The van der Waals surface area contributed by atoms with E-state index in [9.17, 15) is 9.90 Å². The number of esters is 1. The van der Waals surface area contributed by atoms with Crippen LogP contribution >= 0.6 is 0 Å². The maximum absolute atomic E-state index is 11.6. The molecule has 1 rings (SSSR count). The first-order valence-electron chi connectivity index (χ1n) is 9.09. The van der Waals surface area contributed by atoms with Crippen molar-refractivity contribution in [2.75, 3.05) is 28.4 Å². The monoisotopic (exact) mass is 380 g/mol. The molecule has 152 valence electrons. The van der Waals surface area contributed by atoms with E-state index in [-0.39, 0.29) is 12.4 Å². The maximum atomic E-state index is 11.6. The van der Waals surface area contributed by atoms with Crippen LogP contribution in [-0.2, 0) is 16.0 Å². The second kappa shape index (κ2) is 11.5. The molecule has 0 saturated carbocycles. The predicted octanol–water partition coefficient (Wildman–Crippen LogP) is 3.99. The van der Waals surface area contributed by atoms with Gasteiger partial charge in [-0.05, 0) is 51.2 Å². The molecule has 1 N–H and O–H groups in total. The van der Waals surface area contributed by atoms with Crippen molar-refractivity contribution in [3.8, 4) is 17.2 Å². The Kier molecular flexibility index (Phi) is 9.72. The van der Waals surface area contributed by atoms with Gasteiger partial charge in [-0.3, -0.25) is 4.79 Å². The Bertz CT molecular complexity index is 647. The zero-order valence-corrected chi connectivity index (χ0v) is 17.3. The van der Waals surface area contributed by atoms with Crippen LogP contribution in [-0.4, -0.2) is 39.5 Å². The van der Waals surface area contributed by atoms with Gasteiger partial charge in [0.1, 0.15) is 0 Å². The third-order valence-corrected chi connectivity index (χ3v) is 4.35. The zero-order chi connectivity index (χ0) is 20.4. The summed E-state index contributed by atoms with van der Waals surface area (Å²) in [6, 6.07) is 1.79. The number of carbonyl (C=O) groups excluding carboxylic acids is 1. The van der Waals surface area contributed by atoms with Gasteiger partial charge in [0.05, 0.1) is 34.5 Å². The highest BCUT2D eigenvalue weighted by Crippen LogP contribution is 2.45. The van der Waals surface area contributed by atoms with Crippen LogP contribution in [0.25, 0.3) is 0 Å². The molecular weight excluding hydrogens is 348 g/mol. The van der Waals surface area contributed by atoms with Crippen LogP contribution in [0.2, 0.25) is 0 Å². The Labute approximate surface area is 162 Å². The lowest BCUT2D eigenvalue weighted by molar-refractivity contribution is -0.140. The average molecular weight is 380 g/mol. The van der Waals surface area contributed by atoms with Gasteiger partial charge < -0.3 is 24.1 Å². The average Bonchev–Trinajstić information content (AvgIpc) is 2.67. The largest absolute Gasteiger partial charge is 0.493 e. The van der Waals surface area contributed by atoms with Crippen LogP contribution in [0.4, 0.5) is 0 Å². The third-order valence-electron chi connectivity index (χ3n) is 4.35. The van der Waals surface area contributed by atoms with E-state index in [2.05, 4.69) is 19.9 Å². The molecule has 6 heteroatoms. The fourth-order valence-electron chi connectivity index (χ4n) is 2.99. The number of aliphatic hydroxyl groups is 1. The van der Waals surface area contributed by atoms with E-state index in [0.29, 0.717) is 35.7 Å². The summed E-state index contributed by atoms with van der Waals surface area (Å²) in [4.78, 5) is 11.6. The summed E-state index contributed by atoms with van der Waals surface area (Å²) in [6.07, 6.45) is 4.32. The topological polar surface area (TPSA) is 74.2 Å². The molecule has 0 amide bonds. The molecule has 0 aromatic heterocycles. The van der Waals surface area contributed by atoms with Gasteiger partial charge in [-0.25, -0.2) is 0 Å². The van der Waals surface area contributed by atoms with Crippen molar-refractivity contribution in [2.24, 2.45) is 0 Å². The zero-order valence-electron chi connectivity index (χ0n) is 17.3. The predicted molar refractivity (Wildman–Crippen MR) is 105 cm³/mol. The van der Waals surface area contributed by atoms with Gasteiger partial charge in [-0.15, -0.1) is 0 Å². The molecule has 1 atom stereocenters. The minimum absolute atomic E-state index is 0.201. The highest BCUT2D eigenvalue weighted by atomic mass is 16.5. The Morgan fingerprint density at radius 3 is 2.30 bits per heavy atom. The number of hydrogen-bond donors (Lipinski definition) is 1. The molecule has 0 bridgehead atoms. The van der Waals surface area contributed by atoms with Crippen molar-refractivity contribution in [1.29, 1.82) is 0 Å². The quantitative estimate of drug-likeness (QED) is 0.355. The number of benzene rings is 1. The van der Waals surface area contributed by atoms with E-state index in [1.54, 1.807) is 6.07 Å². The van der Waals surface area contributed by atoms with E-state index in [4.69, 9.17) is 18.9 Å². The SMILES string of the molecule is COC(=O)CCc1cc(OC)c(OC)c(OC)c1C(O)CCCC=C(C)C. The first kappa shape index (κ1) is 22.8. The van der Waals surface area contributed by atoms with Crippen molar-refractivity contribution in [2.45, 2.75) is 52.1 Å². The maximum Gasteiger partial charge on any atom is 0.305 e. The molecule has 1 unspecified atom stereocenters. The summed E-state index contributed by atoms with van der Waals surface area (Å²) >= 11 is 0. The van der Waals surface area contributed by atoms with Crippen molar-refractivity contribution in [3.05, 3.63) is 28.8 Å². The number of aliphatic hydroxyl groups excluding tert-OH is 1. The van der Waals surface area contributed by atoms with Gasteiger partial charge in [0.25, 0.3) is 0 Å². The molecule has 0 aliphatic heterocycles. The standard InChI is InChI=1S/C21H32O6/c1-14(2)9-7-8-10-16(22)19-15(11-12-18(23)25-4)13-17(24-3)20(26-5)21(19)27-6/h9,13,16,22H,7-8,10-12H2,1-6H3. The Morgan fingerprint density at radius 1 is 1.11 bits per heavy atom. The van der Waals surface area contributed by atoms with E-state index in [0.717, 1.165) is 18.4 Å². The fourth-order valence-corrected chi connectivity index (χ4v) is 2.99. The minimum atomic E-state index is -0.738. The van der Waals surface area contributed by atoms with Crippen LogP contribution in [0.1, 0.15) is 56.8 Å². The van der Waals surface area contributed by atoms with Gasteiger partial charge in [0.15, 0.2) is 11.5 Å². The molecule has 1 aromatic carbocycles. The van der Waals surface area contributed by atoms with Gasteiger partial charge >= 0.3 is 5.97 Å². The van der Waals surface area contributed by atoms with Gasteiger partial charge in [0.2, 0.25) is 5.75 Å². The normalized spacial score (nSPS) is 11.5. The highest BCUT2D eigenvalue weighted by Gasteiger charge is 2.25. The van der Waals surface area contributed by atoms with Gasteiger partial charge in [-0.1, -0.05) is 11.6 Å². The first-order valence-corrected chi connectivity index (χ1v) is 9.09. The van der Waals surface area contributed by atoms with Crippen LogP contribution < -0.4 is 14.2 Å². The summed E-state index contributed by atoms with van der Waals surface area (Å²) in [5.74, 6) is 1.05. The van der Waals surface area contributed by atoms with Gasteiger partial charge in [0, 0.05) is 12.0 Å². The van der Waals surface area contributed by atoms with Crippen LogP contribution in [0.15, 0.2) is 17.7 Å². The number of allylic oxidation sites excluding steroid dienone is 2. The molecule has 0 saturated heterocycles. The molecule has 27 heavy (non-hydrogen) atoms. The van der Waals surface area contributed by atoms with Crippen LogP contribution in [0.3, 0.4) is 0 Å². The molecule has 0 heterocycles. The summed E-state index contributed by atoms with van der Waals surface area (Å²) < 4.78 is 21.1. The van der Waals surface area contributed by atoms with Gasteiger partial charge in [-0.2, -0.15) is 0 Å². The first-order chi connectivity index (χ1) is 12.9. The third kappa shape index (κ3) is 6.47. The minimum Gasteiger partial charge on any atom is -0.493 e. The molecule has 6 nitrogen and oxygen atoms in total. The summed E-state index contributed by atoms with van der Waals surface area (Å²) in [5.41, 5.74) is 2.67. The Balaban J connectivity index is 3.25. The lowest BCUT2D eigenvalue weighted by Gasteiger charge is -2.23. The Hall–Kier alpha value is -2.21. The number of carbonyl (C=O) groups is 1. The Morgan fingerprint density at radius 2 is 1.78 bits per heavy atom. The summed E-state index contributed by atoms with van der Waals surface area (Å²) in [5, 5.41) is 10.9. The smallest absolute Gasteiger partial charge is 0.305 e.